The Bertz CT molecular complexity index is 1190. The first-order chi connectivity index (χ1) is 18.9. The fraction of sp³-hybridized carbons (Fsp3) is 0.440. The summed E-state index contributed by atoms with van der Waals surface area (Å²) in [6.45, 7) is 0.0709. The molecular weight excluding hydrogens is 565 g/mol. The monoisotopic (exact) mass is 593 g/mol. The minimum absolute atomic E-state index is 0.121. The number of rotatable bonds is 10. The topological polar surface area (TPSA) is 117 Å². The van der Waals surface area contributed by atoms with Gasteiger partial charge in [-0.1, -0.05) is 17.7 Å². The van der Waals surface area contributed by atoms with Crippen LogP contribution in [-0.2, 0) is 6.54 Å². The van der Waals surface area contributed by atoms with Crippen molar-refractivity contribution in [3.63, 3.8) is 0 Å². The molecule has 1 fully saturated rings. The maximum Gasteiger partial charge on any atom is 0.390 e. The summed E-state index contributed by atoms with van der Waals surface area (Å²) in [5.41, 5.74) is -0.0853. The second-order valence-corrected chi connectivity index (χ2v) is 9.55. The largest absolute Gasteiger partial charge is 0.394 e. The molecule has 1 heterocycles. The van der Waals surface area contributed by atoms with Crippen molar-refractivity contribution in [3.05, 3.63) is 58.1 Å². The van der Waals surface area contributed by atoms with E-state index in [0.717, 1.165) is 12.1 Å². The maximum absolute atomic E-state index is 14.8. The molecule has 0 unspecified atom stereocenters. The van der Waals surface area contributed by atoms with Crippen LogP contribution < -0.4 is 20.9 Å². The standard InChI is InChI=1S/C25H29ClF5N5O4/c26-16-2-4-19(20(11-16)36-9-7-35(8-10-36)6-5-25(29,30)31)34-23(39)18-3-1-15(21(27)22(18)28)12-32-24(40)33-13-17(38)14-37/h1-4,11,17,37-38H,5-10,12-14H2,(H,34,39)(H2,32,33,40)/t17-/m1/s1. The summed E-state index contributed by atoms with van der Waals surface area (Å²) in [6, 6.07) is 5.97. The van der Waals surface area contributed by atoms with Crippen LogP contribution >= 0.6 is 11.6 Å². The van der Waals surface area contributed by atoms with Crippen LogP contribution in [0, 0.1) is 11.6 Å². The molecule has 0 bridgehead atoms. The number of aliphatic hydroxyl groups excluding tert-OH is 2. The van der Waals surface area contributed by atoms with Gasteiger partial charge in [0.1, 0.15) is 0 Å². The number of aliphatic hydroxyl groups is 2. The molecule has 5 N–H and O–H groups in total. The van der Waals surface area contributed by atoms with Crippen molar-refractivity contribution in [2.45, 2.75) is 25.2 Å². The van der Waals surface area contributed by atoms with Crippen LogP contribution in [-0.4, -0.2) is 85.2 Å². The van der Waals surface area contributed by atoms with Crippen LogP contribution in [0.4, 0.5) is 38.1 Å². The molecule has 1 aliphatic heterocycles. The summed E-state index contributed by atoms with van der Waals surface area (Å²) in [7, 11) is 0. The van der Waals surface area contributed by atoms with Crippen LogP contribution in [0.2, 0.25) is 5.02 Å². The van der Waals surface area contributed by atoms with E-state index in [1.807, 2.05) is 4.90 Å². The summed E-state index contributed by atoms with van der Waals surface area (Å²) in [4.78, 5) is 28.1. The Kier molecular flexibility index (Phi) is 10.9. The molecular formula is C25H29ClF5N5O4. The molecule has 2 aromatic carbocycles. The number of hydrogen-bond acceptors (Lipinski definition) is 6. The fourth-order valence-corrected chi connectivity index (χ4v) is 4.14. The number of carbonyl (C=O) groups excluding carboxylic acids is 2. The van der Waals surface area contributed by atoms with E-state index in [2.05, 4.69) is 16.0 Å². The normalized spacial score (nSPS) is 15.1. The molecule has 0 saturated carbocycles. The van der Waals surface area contributed by atoms with Gasteiger partial charge in [0.05, 0.1) is 36.1 Å². The molecule has 0 radical (unpaired) electrons. The number of amides is 3. The third-order valence-electron chi connectivity index (χ3n) is 6.19. The highest BCUT2D eigenvalue weighted by Crippen LogP contribution is 2.31. The van der Waals surface area contributed by atoms with Crippen molar-refractivity contribution >= 4 is 34.9 Å². The number of benzene rings is 2. The molecule has 0 spiro atoms. The second-order valence-electron chi connectivity index (χ2n) is 9.11. The lowest BCUT2D eigenvalue weighted by atomic mass is 10.1. The van der Waals surface area contributed by atoms with E-state index in [1.165, 1.54) is 12.1 Å². The second kappa shape index (κ2) is 13.9. The lowest BCUT2D eigenvalue weighted by molar-refractivity contribution is -0.138. The van der Waals surface area contributed by atoms with Gasteiger partial charge in [0.2, 0.25) is 0 Å². The number of nitrogens with one attached hydrogen (secondary N) is 3. The molecule has 2 aromatic rings. The molecule has 1 saturated heterocycles. The van der Waals surface area contributed by atoms with E-state index < -0.39 is 61.0 Å². The highest BCUT2D eigenvalue weighted by Gasteiger charge is 2.29. The predicted octanol–water partition coefficient (Wildman–Crippen LogP) is 3.10. The summed E-state index contributed by atoms with van der Waals surface area (Å²) < 4.78 is 67.1. The molecule has 9 nitrogen and oxygen atoms in total. The Morgan fingerprint density at radius 3 is 2.38 bits per heavy atom. The number of piperazine rings is 1. The van der Waals surface area contributed by atoms with Crippen molar-refractivity contribution in [2.24, 2.45) is 0 Å². The van der Waals surface area contributed by atoms with Gasteiger partial charge < -0.3 is 31.1 Å². The molecule has 40 heavy (non-hydrogen) atoms. The van der Waals surface area contributed by atoms with E-state index in [9.17, 15) is 36.6 Å². The summed E-state index contributed by atoms with van der Waals surface area (Å²) in [5.74, 6) is -3.71. The lowest BCUT2D eigenvalue weighted by Gasteiger charge is -2.37. The number of hydrogen-bond donors (Lipinski definition) is 5. The number of halogens is 6. The Morgan fingerprint density at radius 1 is 1.02 bits per heavy atom. The first kappa shape index (κ1) is 31.3. The molecule has 15 heteroatoms. The van der Waals surface area contributed by atoms with Gasteiger partial charge in [-0.25, -0.2) is 13.6 Å². The number of alkyl halides is 3. The minimum atomic E-state index is -4.25. The Morgan fingerprint density at radius 2 is 1.73 bits per heavy atom. The smallest absolute Gasteiger partial charge is 0.390 e. The first-order valence-electron chi connectivity index (χ1n) is 12.3. The molecule has 1 aliphatic rings. The zero-order chi connectivity index (χ0) is 29.4. The molecule has 0 aromatic heterocycles. The van der Waals surface area contributed by atoms with Gasteiger partial charge in [-0.2, -0.15) is 13.2 Å². The van der Waals surface area contributed by atoms with Gasteiger partial charge in [-0.05, 0) is 24.3 Å². The van der Waals surface area contributed by atoms with Gasteiger partial charge in [-0.3, -0.25) is 9.69 Å². The first-order valence-corrected chi connectivity index (χ1v) is 12.7. The Hall–Kier alpha value is -3.20. The third kappa shape index (κ3) is 8.91. The Balaban J connectivity index is 1.65. The van der Waals surface area contributed by atoms with E-state index in [-0.39, 0.29) is 24.3 Å². The van der Waals surface area contributed by atoms with E-state index in [0.29, 0.717) is 36.9 Å². The van der Waals surface area contributed by atoms with Gasteiger partial charge >= 0.3 is 12.2 Å². The maximum atomic E-state index is 14.8. The number of carbonyl (C=O) groups is 2. The average molecular weight is 594 g/mol. The van der Waals surface area contributed by atoms with Crippen LogP contribution in [0.3, 0.4) is 0 Å². The van der Waals surface area contributed by atoms with Crippen molar-refractivity contribution < 1.29 is 41.8 Å². The number of anilines is 2. The molecule has 1 atom stereocenters. The molecule has 0 aliphatic carbocycles. The summed E-state index contributed by atoms with van der Waals surface area (Å²) in [5, 5.41) is 25.4. The van der Waals surface area contributed by atoms with Gasteiger partial charge in [0, 0.05) is 56.4 Å². The van der Waals surface area contributed by atoms with Crippen LogP contribution in [0.5, 0.6) is 0 Å². The van der Waals surface area contributed by atoms with Gasteiger partial charge in [0.25, 0.3) is 5.91 Å². The molecule has 3 rings (SSSR count). The van der Waals surface area contributed by atoms with E-state index >= 15 is 0 Å². The van der Waals surface area contributed by atoms with Crippen LogP contribution in [0.25, 0.3) is 0 Å². The molecule has 220 valence electrons. The van der Waals surface area contributed by atoms with Crippen LogP contribution in [0.1, 0.15) is 22.3 Å². The van der Waals surface area contributed by atoms with Crippen molar-refractivity contribution in [1.29, 1.82) is 0 Å². The molecule has 3 amide bonds. The van der Waals surface area contributed by atoms with Crippen LogP contribution in [0.15, 0.2) is 30.3 Å². The van der Waals surface area contributed by atoms with E-state index in [1.54, 1.807) is 11.0 Å². The zero-order valence-corrected chi connectivity index (χ0v) is 22.0. The number of nitrogens with zero attached hydrogens (tertiary/aromatic N) is 2. The van der Waals surface area contributed by atoms with Gasteiger partial charge in [-0.15, -0.1) is 0 Å². The summed E-state index contributed by atoms with van der Waals surface area (Å²) >= 11 is 6.13. The average Bonchev–Trinajstić information content (AvgIpc) is 2.92. The summed E-state index contributed by atoms with van der Waals surface area (Å²) in [6.07, 6.45) is -6.33. The van der Waals surface area contributed by atoms with Crippen molar-refractivity contribution in [1.82, 2.24) is 15.5 Å². The quantitative estimate of drug-likeness (QED) is 0.270. The van der Waals surface area contributed by atoms with Gasteiger partial charge in [0.15, 0.2) is 11.6 Å². The van der Waals surface area contributed by atoms with Crippen molar-refractivity contribution in [2.75, 3.05) is 56.1 Å². The SMILES string of the molecule is O=C(NCc1ccc(C(=O)Nc2ccc(Cl)cc2N2CCN(CCC(F)(F)F)CC2)c(F)c1F)NC[C@@H](O)CO. The number of urea groups is 1. The highest BCUT2D eigenvalue weighted by atomic mass is 35.5. The fourth-order valence-electron chi connectivity index (χ4n) is 3.97. The van der Waals surface area contributed by atoms with E-state index in [4.69, 9.17) is 16.7 Å². The third-order valence-corrected chi connectivity index (χ3v) is 6.42. The Labute approximate surface area is 231 Å². The van der Waals surface area contributed by atoms with Crippen molar-refractivity contribution in [3.8, 4) is 0 Å². The predicted molar refractivity (Wildman–Crippen MR) is 138 cm³/mol. The minimum Gasteiger partial charge on any atom is -0.394 e. The highest BCUT2D eigenvalue weighted by molar-refractivity contribution is 6.31. The lowest BCUT2D eigenvalue weighted by Crippen LogP contribution is -2.47. The zero-order valence-electron chi connectivity index (χ0n) is 21.2.